The van der Waals surface area contributed by atoms with Crippen LogP contribution < -0.4 is 4.74 Å². The second kappa shape index (κ2) is 6.85. The third-order valence-corrected chi connectivity index (χ3v) is 4.46. The Bertz CT molecular complexity index is 1040. The maximum atomic E-state index is 12.7. The molecule has 3 aromatic rings. The number of hydrogen-bond acceptors (Lipinski definition) is 4. The smallest absolute Gasteiger partial charge is 0.256 e. The average Bonchev–Trinajstić information content (AvgIpc) is 2.99. The quantitative estimate of drug-likeness (QED) is 0.760. The molecule has 0 aromatic heterocycles. The molecule has 1 heterocycles. The van der Waals surface area contributed by atoms with Crippen LogP contribution in [-0.4, -0.2) is 15.9 Å². The van der Waals surface area contributed by atoms with Crippen LogP contribution in [0.25, 0.3) is 0 Å². The van der Waals surface area contributed by atoms with Gasteiger partial charge in [0.25, 0.3) is 5.91 Å². The van der Waals surface area contributed by atoms with Gasteiger partial charge in [0.2, 0.25) is 0 Å². The summed E-state index contributed by atoms with van der Waals surface area (Å²) in [6.07, 6.45) is 0. The molecule has 0 saturated heterocycles. The number of nitriles is 1. The van der Waals surface area contributed by atoms with Gasteiger partial charge in [-0.25, -0.2) is 0 Å². The number of fused-ring (bicyclic) bond motifs is 1. The first-order valence-corrected chi connectivity index (χ1v) is 8.51. The predicted octanol–water partition coefficient (Wildman–Crippen LogP) is 4.21. The molecule has 0 radical (unpaired) electrons. The van der Waals surface area contributed by atoms with Gasteiger partial charge < -0.3 is 14.7 Å². The van der Waals surface area contributed by atoms with E-state index >= 15 is 0 Å². The van der Waals surface area contributed by atoms with Gasteiger partial charge in [-0.1, -0.05) is 30.3 Å². The molecule has 1 N–H and O–H groups in total. The molecule has 0 saturated carbocycles. The number of benzene rings is 3. The van der Waals surface area contributed by atoms with Crippen LogP contribution in [-0.2, 0) is 13.1 Å². The number of nitrogens with zero attached hydrogens (tertiary/aromatic N) is 2. The van der Waals surface area contributed by atoms with Gasteiger partial charge in [-0.2, -0.15) is 5.26 Å². The summed E-state index contributed by atoms with van der Waals surface area (Å²) < 4.78 is 5.77. The molecular weight excluding hydrogens is 340 g/mol. The Morgan fingerprint density at radius 3 is 2.44 bits per heavy atom. The summed E-state index contributed by atoms with van der Waals surface area (Å²) in [5, 5.41) is 19.0. The van der Waals surface area contributed by atoms with Gasteiger partial charge in [0.15, 0.2) is 0 Å². The zero-order valence-electron chi connectivity index (χ0n) is 14.4. The van der Waals surface area contributed by atoms with Gasteiger partial charge in [0.05, 0.1) is 11.1 Å². The third kappa shape index (κ3) is 3.33. The first-order chi connectivity index (χ1) is 13.1. The highest BCUT2D eigenvalue weighted by Gasteiger charge is 2.30. The molecule has 0 fully saturated rings. The minimum Gasteiger partial charge on any atom is -0.508 e. The fourth-order valence-corrected chi connectivity index (χ4v) is 3.22. The molecule has 4 rings (SSSR count). The van der Waals surface area contributed by atoms with Crippen molar-refractivity contribution in [3.8, 4) is 23.3 Å². The number of phenols is 1. The lowest BCUT2D eigenvalue weighted by molar-refractivity contribution is 0.0766. The van der Waals surface area contributed by atoms with E-state index in [1.807, 2.05) is 60.7 Å². The van der Waals surface area contributed by atoms with Gasteiger partial charge in [-0.05, 0) is 47.5 Å². The van der Waals surface area contributed by atoms with Crippen molar-refractivity contribution in [2.75, 3.05) is 0 Å². The highest BCUT2D eigenvalue weighted by molar-refractivity contribution is 6.00. The summed E-state index contributed by atoms with van der Waals surface area (Å²) in [5.74, 6) is 1.30. The summed E-state index contributed by atoms with van der Waals surface area (Å²) in [5.41, 5.74) is 2.24. The number of phenolic OH excluding ortho intramolecular Hbond substituents is 1. The molecule has 27 heavy (non-hydrogen) atoms. The Labute approximate surface area is 156 Å². The first kappa shape index (κ1) is 16.7. The Kier molecular flexibility index (Phi) is 4.23. The van der Waals surface area contributed by atoms with Crippen molar-refractivity contribution in [2.24, 2.45) is 0 Å². The molecule has 1 aliphatic rings. The Balaban J connectivity index is 1.49. The van der Waals surface area contributed by atoms with Crippen LogP contribution in [0.15, 0.2) is 66.7 Å². The van der Waals surface area contributed by atoms with E-state index in [9.17, 15) is 15.2 Å². The van der Waals surface area contributed by atoms with Gasteiger partial charge in [-0.15, -0.1) is 0 Å². The summed E-state index contributed by atoms with van der Waals surface area (Å²) in [4.78, 5) is 14.3. The second-order valence-electron chi connectivity index (χ2n) is 6.36. The highest BCUT2D eigenvalue weighted by Crippen LogP contribution is 2.31. The van der Waals surface area contributed by atoms with Crippen LogP contribution in [0.4, 0.5) is 0 Å². The Morgan fingerprint density at radius 2 is 1.74 bits per heavy atom. The van der Waals surface area contributed by atoms with Gasteiger partial charge >= 0.3 is 0 Å². The first-order valence-electron chi connectivity index (χ1n) is 8.51. The van der Waals surface area contributed by atoms with Crippen LogP contribution in [0.2, 0.25) is 0 Å². The van der Waals surface area contributed by atoms with Crippen molar-refractivity contribution in [3.63, 3.8) is 0 Å². The van der Waals surface area contributed by atoms with Crippen molar-refractivity contribution in [1.82, 2.24) is 4.90 Å². The molecule has 1 aliphatic heterocycles. The fraction of sp³-hybridized carbons (Fsp3) is 0.0909. The van der Waals surface area contributed by atoms with Crippen LogP contribution in [0, 0.1) is 11.3 Å². The van der Waals surface area contributed by atoms with Gasteiger partial charge in [0, 0.05) is 13.1 Å². The molecule has 1 amide bonds. The summed E-state index contributed by atoms with van der Waals surface area (Å²) in [6.45, 7) is 0.796. The van der Waals surface area contributed by atoms with E-state index in [1.165, 1.54) is 6.07 Å². The van der Waals surface area contributed by atoms with E-state index in [-0.39, 0.29) is 17.2 Å². The van der Waals surface area contributed by atoms with Crippen molar-refractivity contribution in [3.05, 3.63) is 89.0 Å². The van der Waals surface area contributed by atoms with Crippen molar-refractivity contribution >= 4 is 5.91 Å². The van der Waals surface area contributed by atoms with E-state index < -0.39 is 0 Å². The normalized spacial score (nSPS) is 12.6. The van der Waals surface area contributed by atoms with E-state index in [0.717, 1.165) is 17.1 Å². The largest absolute Gasteiger partial charge is 0.508 e. The third-order valence-electron chi connectivity index (χ3n) is 4.46. The maximum Gasteiger partial charge on any atom is 0.256 e. The number of ether oxygens (including phenoxy) is 1. The number of carbonyl (C=O) groups is 1. The molecule has 0 bridgehead atoms. The Morgan fingerprint density at radius 1 is 1.04 bits per heavy atom. The Hall–Kier alpha value is -3.78. The standard InChI is InChI=1S/C22H16N2O3/c23-12-16-10-18(25)11-17-14-24(22(26)21(16)17)13-15-6-8-20(9-7-15)27-19-4-2-1-3-5-19/h1-11,25H,13-14H2. The number of hydrogen-bond donors (Lipinski definition) is 1. The molecule has 5 heteroatoms. The van der Waals surface area contributed by atoms with Crippen LogP contribution in [0.5, 0.6) is 17.2 Å². The lowest BCUT2D eigenvalue weighted by Gasteiger charge is -2.16. The van der Waals surface area contributed by atoms with Crippen molar-refractivity contribution < 1.29 is 14.6 Å². The number of para-hydroxylation sites is 1. The molecule has 3 aromatic carbocycles. The highest BCUT2D eigenvalue weighted by atomic mass is 16.5. The zero-order chi connectivity index (χ0) is 18.8. The molecule has 0 unspecified atom stereocenters. The number of aromatic hydroxyl groups is 1. The lowest BCUT2D eigenvalue weighted by atomic mass is 10.0. The van der Waals surface area contributed by atoms with Crippen LogP contribution in [0.3, 0.4) is 0 Å². The number of rotatable bonds is 4. The van der Waals surface area contributed by atoms with Crippen molar-refractivity contribution in [1.29, 1.82) is 5.26 Å². The van der Waals surface area contributed by atoms with Gasteiger partial charge in [-0.3, -0.25) is 4.79 Å². The van der Waals surface area contributed by atoms with E-state index in [2.05, 4.69) is 0 Å². The van der Waals surface area contributed by atoms with E-state index in [0.29, 0.717) is 24.2 Å². The minimum atomic E-state index is -0.189. The molecule has 132 valence electrons. The summed E-state index contributed by atoms with van der Waals surface area (Å²) in [6, 6.07) is 21.9. The molecule has 5 nitrogen and oxygen atoms in total. The number of amides is 1. The second-order valence-corrected chi connectivity index (χ2v) is 6.36. The molecule has 0 spiro atoms. The summed E-state index contributed by atoms with van der Waals surface area (Å²) in [7, 11) is 0. The topological polar surface area (TPSA) is 73.6 Å². The summed E-state index contributed by atoms with van der Waals surface area (Å²) >= 11 is 0. The van der Waals surface area contributed by atoms with Crippen LogP contribution in [0.1, 0.15) is 27.0 Å². The SMILES string of the molecule is N#Cc1cc(O)cc2c1C(=O)N(Cc1ccc(Oc3ccccc3)cc1)C2. The molecule has 0 aliphatic carbocycles. The fourth-order valence-electron chi connectivity index (χ4n) is 3.22. The van der Waals surface area contributed by atoms with Crippen molar-refractivity contribution in [2.45, 2.75) is 13.1 Å². The molecular formula is C22H16N2O3. The van der Waals surface area contributed by atoms with Gasteiger partial charge in [0.1, 0.15) is 23.3 Å². The molecule has 0 atom stereocenters. The zero-order valence-corrected chi connectivity index (χ0v) is 14.4. The number of carbonyl (C=O) groups excluding carboxylic acids is 1. The monoisotopic (exact) mass is 356 g/mol. The van der Waals surface area contributed by atoms with E-state index in [1.54, 1.807) is 11.0 Å². The average molecular weight is 356 g/mol. The minimum absolute atomic E-state index is 0.00219. The predicted molar refractivity (Wildman–Crippen MR) is 99.4 cm³/mol. The van der Waals surface area contributed by atoms with E-state index in [4.69, 9.17) is 4.74 Å². The van der Waals surface area contributed by atoms with Crippen LogP contribution >= 0.6 is 0 Å². The maximum absolute atomic E-state index is 12.7. The lowest BCUT2D eigenvalue weighted by Crippen LogP contribution is -2.23.